The molecule has 1 aromatic carbocycles. The molecular formula is C14H22N2O. The molecule has 17 heavy (non-hydrogen) atoms. The van der Waals surface area contributed by atoms with Crippen molar-refractivity contribution in [2.45, 2.75) is 32.2 Å². The van der Waals surface area contributed by atoms with E-state index in [9.17, 15) is 0 Å². The van der Waals surface area contributed by atoms with Crippen molar-refractivity contribution in [1.82, 2.24) is 5.32 Å². The van der Waals surface area contributed by atoms with Gasteiger partial charge in [-0.2, -0.15) is 0 Å². The molecule has 3 nitrogen and oxygen atoms in total. The molecule has 94 valence electrons. The third-order valence-electron chi connectivity index (χ3n) is 3.31. The summed E-state index contributed by atoms with van der Waals surface area (Å²) in [5.41, 5.74) is 2.42. The summed E-state index contributed by atoms with van der Waals surface area (Å²) in [7, 11) is 1.73. The van der Waals surface area contributed by atoms with E-state index in [1.807, 2.05) is 0 Å². The molecule has 0 spiro atoms. The maximum atomic E-state index is 5.46. The number of ether oxygens (including phenoxy) is 1. The van der Waals surface area contributed by atoms with Crippen LogP contribution in [0.25, 0.3) is 0 Å². The van der Waals surface area contributed by atoms with Gasteiger partial charge in [-0.25, -0.2) is 0 Å². The highest BCUT2D eigenvalue weighted by atomic mass is 16.5. The highest BCUT2D eigenvalue weighted by molar-refractivity contribution is 5.58. The predicted molar refractivity (Wildman–Crippen MR) is 72.0 cm³/mol. The molecule has 1 heterocycles. The molecular weight excluding hydrogens is 212 g/mol. The number of hydrogen-bond acceptors (Lipinski definition) is 3. The first-order chi connectivity index (χ1) is 8.20. The minimum atomic E-state index is 0.522. The van der Waals surface area contributed by atoms with Crippen LogP contribution in [0.1, 0.15) is 31.7 Å². The highest BCUT2D eigenvalue weighted by Gasteiger charge is 2.16. The lowest BCUT2D eigenvalue weighted by atomic mass is 10.0. The number of methoxy groups -OCH3 is 1. The minimum absolute atomic E-state index is 0.522. The van der Waals surface area contributed by atoms with Gasteiger partial charge in [-0.05, 0) is 36.6 Å². The van der Waals surface area contributed by atoms with Gasteiger partial charge in [0.05, 0.1) is 12.8 Å². The first-order valence-electron chi connectivity index (χ1n) is 6.36. The van der Waals surface area contributed by atoms with Gasteiger partial charge in [0.15, 0.2) is 0 Å². The SMILES string of the molecule is COc1cc(C(C)C)ccc1NC1CCNC1. The molecule has 0 radical (unpaired) electrons. The van der Waals surface area contributed by atoms with Gasteiger partial charge in [0.25, 0.3) is 0 Å². The summed E-state index contributed by atoms with van der Waals surface area (Å²) in [6, 6.07) is 6.97. The zero-order valence-electron chi connectivity index (χ0n) is 10.9. The van der Waals surface area contributed by atoms with Crippen LogP contribution in [0, 0.1) is 0 Å². The normalized spacial score (nSPS) is 19.6. The number of rotatable bonds is 4. The minimum Gasteiger partial charge on any atom is -0.495 e. The van der Waals surface area contributed by atoms with Crippen molar-refractivity contribution < 1.29 is 4.74 Å². The number of benzene rings is 1. The molecule has 2 rings (SSSR count). The van der Waals surface area contributed by atoms with Crippen molar-refractivity contribution in [3.05, 3.63) is 23.8 Å². The van der Waals surface area contributed by atoms with Crippen LogP contribution < -0.4 is 15.4 Å². The van der Waals surface area contributed by atoms with E-state index in [2.05, 4.69) is 42.7 Å². The van der Waals surface area contributed by atoms with E-state index in [-0.39, 0.29) is 0 Å². The summed E-state index contributed by atoms with van der Waals surface area (Å²) >= 11 is 0. The van der Waals surface area contributed by atoms with E-state index in [4.69, 9.17) is 4.74 Å². The quantitative estimate of drug-likeness (QED) is 0.840. The predicted octanol–water partition coefficient (Wildman–Crippen LogP) is 2.59. The van der Waals surface area contributed by atoms with Crippen LogP contribution in [-0.2, 0) is 0 Å². The zero-order valence-corrected chi connectivity index (χ0v) is 10.9. The second kappa shape index (κ2) is 5.41. The lowest BCUT2D eigenvalue weighted by Gasteiger charge is -2.17. The standard InChI is InChI=1S/C14H22N2O/c1-10(2)11-4-5-13(14(8-11)17-3)16-12-6-7-15-9-12/h4-5,8,10,12,15-16H,6-7,9H2,1-3H3. The van der Waals surface area contributed by atoms with Crippen molar-refractivity contribution in [2.24, 2.45) is 0 Å². The lowest BCUT2D eigenvalue weighted by Crippen LogP contribution is -2.22. The Hall–Kier alpha value is -1.22. The largest absolute Gasteiger partial charge is 0.495 e. The summed E-state index contributed by atoms with van der Waals surface area (Å²) < 4.78 is 5.46. The second-order valence-electron chi connectivity index (χ2n) is 4.95. The van der Waals surface area contributed by atoms with Crippen LogP contribution in [0.5, 0.6) is 5.75 Å². The van der Waals surface area contributed by atoms with Gasteiger partial charge >= 0.3 is 0 Å². The average molecular weight is 234 g/mol. The monoisotopic (exact) mass is 234 g/mol. The first-order valence-corrected chi connectivity index (χ1v) is 6.36. The van der Waals surface area contributed by atoms with E-state index in [1.165, 1.54) is 12.0 Å². The fraction of sp³-hybridized carbons (Fsp3) is 0.571. The molecule has 0 bridgehead atoms. The maximum absolute atomic E-state index is 5.46. The zero-order chi connectivity index (χ0) is 12.3. The average Bonchev–Trinajstić information content (AvgIpc) is 2.82. The van der Waals surface area contributed by atoms with E-state index in [1.54, 1.807) is 7.11 Å². The highest BCUT2D eigenvalue weighted by Crippen LogP contribution is 2.29. The van der Waals surface area contributed by atoms with Gasteiger partial charge in [-0.1, -0.05) is 19.9 Å². The number of anilines is 1. The van der Waals surface area contributed by atoms with Crippen molar-refractivity contribution in [1.29, 1.82) is 0 Å². The van der Waals surface area contributed by atoms with Crippen LogP contribution in [0.2, 0.25) is 0 Å². The lowest BCUT2D eigenvalue weighted by molar-refractivity contribution is 0.415. The van der Waals surface area contributed by atoms with Gasteiger partial charge in [0.2, 0.25) is 0 Å². The Kier molecular flexibility index (Phi) is 3.89. The summed E-state index contributed by atoms with van der Waals surface area (Å²) in [6.45, 7) is 6.53. The van der Waals surface area contributed by atoms with Crippen LogP contribution in [0.3, 0.4) is 0 Å². The molecule has 3 heteroatoms. The molecule has 0 saturated carbocycles. The smallest absolute Gasteiger partial charge is 0.142 e. The van der Waals surface area contributed by atoms with E-state index in [0.717, 1.165) is 24.5 Å². The summed E-state index contributed by atoms with van der Waals surface area (Å²) in [4.78, 5) is 0. The van der Waals surface area contributed by atoms with Gasteiger partial charge in [0.1, 0.15) is 5.75 Å². The summed E-state index contributed by atoms with van der Waals surface area (Å²) in [5, 5.41) is 6.90. The Bertz CT molecular complexity index is 370. The Morgan fingerprint density at radius 3 is 2.82 bits per heavy atom. The molecule has 1 saturated heterocycles. The molecule has 2 N–H and O–H groups in total. The van der Waals surface area contributed by atoms with Gasteiger partial charge in [-0.15, -0.1) is 0 Å². The Morgan fingerprint density at radius 1 is 1.41 bits per heavy atom. The molecule has 0 aliphatic carbocycles. The maximum Gasteiger partial charge on any atom is 0.142 e. The molecule has 1 aliphatic heterocycles. The summed E-state index contributed by atoms with van der Waals surface area (Å²) in [5.74, 6) is 1.48. The third-order valence-corrected chi connectivity index (χ3v) is 3.31. The second-order valence-corrected chi connectivity index (χ2v) is 4.95. The van der Waals surface area contributed by atoms with Crippen LogP contribution in [0.15, 0.2) is 18.2 Å². The van der Waals surface area contributed by atoms with Crippen molar-refractivity contribution in [3.8, 4) is 5.75 Å². The van der Waals surface area contributed by atoms with Gasteiger partial charge in [-0.3, -0.25) is 0 Å². The van der Waals surface area contributed by atoms with Crippen molar-refractivity contribution in [3.63, 3.8) is 0 Å². The van der Waals surface area contributed by atoms with Crippen LogP contribution in [-0.4, -0.2) is 26.2 Å². The Balaban J connectivity index is 2.15. The molecule has 1 aliphatic rings. The summed E-state index contributed by atoms with van der Waals surface area (Å²) in [6.07, 6.45) is 1.18. The molecule has 1 atom stereocenters. The Labute approximate surface area is 104 Å². The molecule has 1 unspecified atom stereocenters. The fourth-order valence-electron chi connectivity index (χ4n) is 2.18. The molecule has 1 fully saturated rings. The van der Waals surface area contributed by atoms with Crippen LogP contribution >= 0.6 is 0 Å². The van der Waals surface area contributed by atoms with Gasteiger partial charge < -0.3 is 15.4 Å². The Morgan fingerprint density at radius 2 is 2.24 bits per heavy atom. The number of nitrogens with one attached hydrogen (secondary N) is 2. The molecule has 1 aromatic rings. The van der Waals surface area contributed by atoms with E-state index >= 15 is 0 Å². The van der Waals surface area contributed by atoms with Crippen molar-refractivity contribution >= 4 is 5.69 Å². The van der Waals surface area contributed by atoms with Crippen molar-refractivity contribution in [2.75, 3.05) is 25.5 Å². The molecule has 0 amide bonds. The fourth-order valence-corrected chi connectivity index (χ4v) is 2.18. The van der Waals surface area contributed by atoms with Crippen LogP contribution in [0.4, 0.5) is 5.69 Å². The van der Waals surface area contributed by atoms with E-state index in [0.29, 0.717) is 12.0 Å². The number of hydrogen-bond donors (Lipinski definition) is 2. The van der Waals surface area contributed by atoms with E-state index < -0.39 is 0 Å². The topological polar surface area (TPSA) is 33.3 Å². The van der Waals surface area contributed by atoms with Gasteiger partial charge in [0, 0.05) is 12.6 Å². The third kappa shape index (κ3) is 2.91. The first kappa shape index (κ1) is 12.2. The molecule has 0 aromatic heterocycles.